The summed E-state index contributed by atoms with van der Waals surface area (Å²) in [6.45, 7) is 8.91. The molecule has 0 aliphatic rings. The van der Waals surface area contributed by atoms with Gasteiger partial charge in [-0.15, -0.1) is 0 Å². The van der Waals surface area contributed by atoms with Crippen molar-refractivity contribution in [3.63, 3.8) is 0 Å². The van der Waals surface area contributed by atoms with Crippen molar-refractivity contribution >= 4 is 28.2 Å². The molecule has 0 unspecified atom stereocenters. The second-order valence-electron chi connectivity index (χ2n) is 4.30. The topological polar surface area (TPSA) is 35.2 Å². The van der Waals surface area contributed by atoms with Crippen molar-refractivity contribution in [2.24, 2.45) is 0 Å². The minimum absolute atomic E-state index is 0.820. The van der Waals surface area contributed by atoms with E-state index in [1.807, 2.05) is 12.1 Å². The van der Waals surface area contributed by atoms with Gasteiger partial charge in [0.15, 0.2) is 9.04 Å². The average Bonchev–Trinajstić information content (AvgIpc) is 2.02. The van der Waals surface area contributed by atoms with Gasteiger partial charge in [0.25, 0.3) is 0 Å². The summed E-state index contributed by atoms with van der Waals surface area (Å²) in [6.07, 6.45) is 0. The third-order valence-electron chi connectivity index (χ3n) is 2.14. The van der Waals surface area contributed by atoms with Crippen LogP contribution in [0.2, 0.25) is 26.2 Å². The van der Waals surface area contributed by atoms with Gasteiger partial charge in [-0.25, -0.2) is 0 Å². The lowest BCUT2D eigenvalue weighted by Gasteiger charge is -2.26. The molecule has 14 heavy (non-hydrogen) atoms. The van der Waals surface area contributed by atoms with Crippen LogP contribution in [0, 0.1) is 0 Å². The predicted octanol–water partition coefficient (Wildman–Crippen LogP) is 1.68. The quantitative estimate of drug-likeness (QED) is 0.627. The van der Waals surface area contributed by atoms with E-state index in [1.54, 1.807) is 0 Å². The van der Waals surface area contributed by atoms with Crippen molar-refractivity contribution in [2.45, 2.75) is 26.2 Å². The fraction of sp³-hybridized carbons (Fsp3) is 0.400. The van der Waals surface area contributed by atoms with Crippen LogP contribution >= 0.6 is 0 Å². The van der Waals surface area contributed by atoms with Gasteiger partial charge in [0.1, 0.15) is 0 Å². The van der Waals surface area contributed by atoms with E-state index in [0.717, 1.165) is 5.69 Å². The summed E-state index contributed by atoms with van der Waals surface area (Å²) in [5, 5.41) is 1.33. The molecule has 2 nitrogen and oxygen atoms in total. The molecule has 0 atom stereocenters. The van der Waals surface area contributed by atoms with Gasteiger partial charge in [-0.3, -0.25) is 0 Å². The van der Waals surface area contributed by atoms with Gasteiger partial charge < -0.3 is 9.85 Å². The number of nitrogens with two attached hydrogens (primary N) is 1. The Morgan fingerprint density at radius 3 is 2.07 bits per heavy atom. The molecule has 1 rings (SSSR count). The maximum absolute atomic E-state index is 6.10. The third-order valence-corrected chi connectivity index (χ3v) is 8.10. The summed E-state index contributed by atoms with van der Waals surface area (Å²) in [6, 6.07) is 8.10. The van der Waals surface area contributed by atoms with E-state index >= 15 is 0 Å². The molecule has 0 saturated heterocycles. The van der Waals surface area contributed by atoms with Gasteiger partial charge in [0, 0.05) is 5.69 Å². The van der Waals surface area contributed by atoms with Gasteiger partial charge in [-0.2, -0.15) is 0 Å². The molecule has 0 radical (unpaired) electrons. The second kappa shape index (κ2) is 4.29. The molecule has 0 saturated carbocycles. The molecular weight excluding hydrogens is 206 g/mol. The Labute approximate surface area is 88.9 Å². The highest BCUT2D eigenvalue weighted by Gasteiger charge is 2.25. The summed E-state index contributed by atoms with van der Waals surface area (Å²) in [5.41, 5.74) is 6.47. The van der Waals surface area contributed by atoms with E-state index in [-0.39, 0.29) is 0 Å². The molecule has 0 aliphatic carbocycles. The SMILES string of the molecule is C[SiH](C)O[Si](C)(C)c1ccc(N)cc1. The van der Waals surface area contributed by atoms with Crippen LogP contribution in [0.25, 0.3) is 0 Å². The van der Waals surface area contributed by atoms with E-state index in [2.05, 4.69) is 38.3 Å². The molecule has 0 aromatic heterocycles. The number of benzene rings is 1. The lowest BCUT2D eigenvalue weighted by Crippen LogP contribution is -2.47. The van der Waals surface area contributed by atoms with Crippen molar-refractivity contribution in [3.05, 3.63) is 24.3 Å². The van der Waals surface area contributed by atoms with Gasteiger partial charge in [-0.1, -0.05) is 12.1 Å². The molecule has 1 aromatic carbocycles. The molecular formula is C10H19NOSi2. The molecule has 0 aliphatic heterocycles. The lowest BCUT2D eigenvalue weighted by molar-refractivity contribution is 0.590. The first-order valence-corrected chi connectivity index (χ1v) is 10.6. The molecule has 0 amide bonds. The first kappa shape index (κ1) is 11.5. The third kappa shape index (κ3) is 2.97. The smallest absolute Gasteiger partial charge is 0.205 e. The molecule has 78 valence electrons. The summed E-state index contributed by atoms with van der Waals surface area (Å²) < 4.78 is 6.10. The summed E-state index contributed by atoms with van der Waals surface area (Å²) in [7, 11) is -2.61. The normalized spacial score (nSPS) is 12.1. The van der Waals surface area contributed by atoms with E-state index in [9.17, 15) is 0 Å². The zero-order valence-corrected chi connectivity index (χ0v) is 11.5. The van der Waals surface area contributed by atoms with Gasteiger partial charge in [0.05, 0.1) is 0 Å². The molecule has 0 heterocycles. The largest absolute Gasteiger partial charge is 0.455 e. The van der Waals surface area contributed by atoms with E-state index < -0.39 is 17.4 Å². The van der Waals surface area contributed by atoms with Crippen LogP contribution in [0.1, 0.15) is 0 Å². The highest BCUT2D eigenvalue weighted by Crippen LogP contribution is 2.08. The van der Waals surface area contributed by atoms with Crippen LogP contribution in [-0.2, 0) is 4.12 Å². The maximum atomic E-state index is 6.10. The first-order chi connectivity index (χ1) is 6.42. The zero-order valence-electron chi connectivity index (χ0n) is 9.37. The monoisotopic (exact) mass is 225 g/mol. The Hall–Kier alpha value is -0.586. The van der Waals surface area contributed by atoms with Crippen molar-refractivity contribution in [3.8, 4) is 0 Å². The Morgan fingerprint density at radius 2 is 1.64 bits per heavy atom. The average molecular weight is 225 g/mol. The zero-order chi connectivity index (χ0) is 10.8. The van der Waals surface area contributed by atoms with Gasteiger partial charge in [0.2, 0.25) is 8.32 Å². The summed E-state index contributed by atoms with van der Waals surface area (Å²) >= 11 is 0. The second-order valence-corrected chi connectivity index (χ2v) is 10.9. The number of hydrogen-bond donors (Lipinski definition) is 1. The van der Waals surface area contributed by atoms with Crippen LogP contribution in [0.5, 0.6) is 0 Å². The van der Waals surface area contributed by atoms with Gasteiger partial charge in [-0.05, 0) is 43.5 Å². The van der Waals surface area contributed by atoms with E-state index in [0.29, 0.717) is 0 Å². The van der Waals surface area contributed by atoms with Crippen LogP contribution in [0.15, 0.2) is 24.3 Å². The van der Waals surface area contributed by atoms with Crippen LogP contribution in [-0.4, -0.2) is 17.4 Å². The molecule has 0 spiro atoms. The molecule has 4 heteroatoms. The Kier molecular flexibility index (Phi) is 3.52. The number of nitrogen functional groups attached to an aromatic ring is 1. The van der Waals surface area contributed by atoms with Crippen LogP contribution in [0.4, 0.5) is 5.69 Å². The van der Waals surface area contributed by atoms with E-state index in [4.69, 9.17) is 9.85 Å². The standard InChI is InChI=1S/C10H19NOSi2/c1-13(2)12-14(3,4)10-7-5-9(11)6-8-10/h5-8,13H,11H2,1-4H3. The predicted molar refractivity (Wildman–Crippen MR) is 67.9 cm³/mol. The summed E-state index contributed by atoms with van der Waals surface area (Å²) in [5.74, 6) is 0. The van der Waals surface area contributed by atoms with Gasteiger partial charge >= 0.3 is 0 Å². The Morgan fingerprint density at radius 1 is 1.14 bits per heavy atom. The highest BCUT2D eigenvalue weighted by molar-refractivity contribution is 6.88. The molecule has 0 bridgehead atoms. The minimum Gasteiger partial charge on any atom is -0.455 e. The highest BCUT2D eigenvalue weighted by atomic mass is 28.4. The Bertz CT molecular complexity index is 295. The van der Waals surface area contributed by atoms with Crippen molar-refractivity contribution in [1.29, 1.82) is 0 Å². The minimum atomic E-state index is -1.66. The van der Waals surface area contributed by atoms with E-state index in [1.165, 1.54) is 5.19 Å². The fourth-order valence-electron chi connectivity index (χ4n) is 1.54. The molecule has 0 fully saturated rings. The molecule has 1 aromatic rings. The number of anilines is 1. The van der Waals surface area contributed by atoms with Crippen molar-refractivity contribution in [2.75, 3.05) is 5.73 Å². The number of rotatable bonds is 3. The number of hydrogen-bond acceptors (Lipinski definition) is 2. The molecule has 2 N–H and O–H groups in total. The van der Waals surface area contributed by atoms with Crippen LogP contribution < -0.4 is 10.9 Å². The first-order valence-electron chi connectivity index (χ1n) is 4.95. The van der Waals surface area contributed by atoms with Crippen LogP contribution in [0.3, 0.4) is 0 Å². The van der Waals surface area contributed by atoms with Crippen molar-refractivity contribution < 1.29 is 4.12 Å². The maximum Gasteiger partial charge on any atom is 0.205 e. The lowest BCUT2D eigenvalue weighted by atomic mass is 10.3. The van der Waals surface area contributed by atoms with Crippen molar-refractivity contribution in [1.82, 2.24) is 0 Å². The summed E-state index contributed by atoms with van der Waals surface area (Å²) in [4.78, 5) is 0. The fourth-order valence-corrected chi connectivity index (χ4v) is 7.77. The Balaban J connectivity index is 2.86.